The van der Waals surface area contributed by atoms with E-state index in [1.54, 1.807) is 44.7 Å². The molecular formula is C24H20N2O4. The highest BCUT2D eigenvalue weighted by Crippen LogP contribution is 2.33. The second-order valence-electron chi connectivity index (χ2n) is 7.07. The van der Waals surface area contributed by atoms with Crippen molar-refractivity contribution < 1.29 is 13.9 Å². The fourth-order valence-electron chi connectivity index (χ4n) is 3.28. The minimum absolute atomic E-state index is 0.303. The van der Waals surface area contributed by atoms with Gasteiger partial charge in [0.15, 0.2) is 0 Å². The highest BCUT2D eigenvalue weighted by Gasteiger charge is 2.18. The van der Waals surface area contributed by atoms with Crippen LogP contribution in [0.5, 0.6) is 5.75 Å². The van der Waals surface area contributed by atoms with Gasteiger partial charge in [0.25, 0.3) is 0 Å². The first-order valence-electron chi connectivity index (χ1n) is 9.46. The highest BCUT2D eigenvalue weighted by molar-refractivity contribution is 5.95. The zero-order chi connectivity index (χ0) is 21.1. The molecule has 4 rings (SSSR count). The first-order valence-corrected chi connectivity index (χ1v) is 9.46. The van der Waals surface area contributed by atoms with Crippen LogP contribution in [0.1, 0.15) is 11.1 Å². The van der Waals surface area contributed by atoms with Crippen LogP contribution >= 0.6 is 0 Å². The molecule has 0 saturated carbocycles. The van der Waals surface area contributed by atoms with Gasteiger partial charge in [-0.05, 0) is 23.8 Å². The lowest BCUT2D eigenvalue weighted by Gasteiger charge is -2.14. The number of aromatic nitrogens is 1. The lowest BCUT2D eigenvalue weighted by atomic mass is 9.94. The van der Waals surface area contributed by atoms with E-state index >= 15 is 0 Å². The maximum Gasteiger partial charge on any atom is 0.414 e. The largest absolute Gasteiger partial charge is 0.422 e. The number of amides is 1. The molecule has 0 spiro atoms. The zero-order valence-corrected chi connectivity index (χ0v) is 16.7. The van der Waals surface area contributed by atoms with Crippen LogP contribution in [0.4, 0.5) is 4.79 Å². The molecule has 1 amide bonds. The van der Waals surface area contributed by atoms with Crippen LogP contribution in [-0.4, -0.2) is 30.1 Å². The molecule has 6 nitrogen and oxygen atoms in total. The molecule has 0 unspecified atom stereocenters. The van der Waals surface area contributed by atoms with Crippen molar-refractivity contribution in [2.45, 2.75) is 6.42 Å². The Morgan fingerprint density at radius 1 is 1.07 bits per heavy atom. The number of ether oxygens (including phenoxy) is 1. The van der Waals surface area contributed by atoms with E-state index in [4.69, 9.17) is 9.15 Å². The van der Waals surface area contributed by atoms with Gasteiger partial charge in [0.05, 0.1) is 5.56 Å². The monoisotopic (exact) mass is 400 g/mol. The summed E-state index contributed by atoms with van der Waals surface area (Å²) in [7, 11) is 3.19. The van der Waals surface area contributed by atoms with Gasteiger partial charge in [-0.25, -0.2) is 9.59 Å². The maximum absolute atomic E-state index is 13.0. The number of hydrogen-bond acceptors (Lipinski definition) is 5. The summed E-state index contributed by atoms with van der Waals surface area (Å²) in [5.41, 5.74) is 3.06. The Hall–Kier alpha value is -3.93. The summed E-state index contributed by atoms with van der Waals surface area (Å²) in [5, 5.41) is 0.748. The number of carbonyl (C=O) groups is 1. The average molecular weight is 400 g/mol. The van der Waals surface area contributed by atoms with Crippen molar-refractivity contribution in [1.29, 1.82) is 0 Å². The standard InChI is InChI=1S/C24H20N2O4/c1-26(2)24(28)29-18-10-11-19-21(14-18)30-23(27)20(13-16-7-4-3-5-8-16)22(19)17-9-6-12-25-15-17/h3-12,14-15H,13H2,1-2H3. The molecule has 30 heavy (non-hydrogen) atoms. The topological polar surface area (TPSA) is 72.6 Å². The molecular weight excluding hydrogens is 380 g/mol. The van der Waals surface area contributed by atoms with Gasteiger partial charge < -0.3 is 14.1 Å². The molecule has 0 saturated heterocycles. The minimum Gasteiger partial charge on any atom is -0.422 e. The number of hydrogen-bond donors (Lipinski definition) is 0. The molecule has 150 valence electrons. The van der Waals surface area contributed by atoms with Gasteiger partial charge in [-0.3, -0.25) is 4.98 Å². The smallest absolute Gasteiger partial charge is 0.414 e. The lowest BCUT2D eigenvalue weighted by molar-refractivity contribution is 0.172. The number of fused-ring (bicyclic) bond motifs is 1. The Morgan fingerprint density at radius 2 is 1.87 bits per heavy atom. The molecule has 0 fully saturated rings. The Bertz CT molecular complexity index is 1250. The molecule has 0 bridgehead atoms. The Balaban J connectivity index is 1.90. The quantitative estimate of drug-likeness (QED) is 0.472. The lowest BCUT2D eigenvalue weighted by Crippen LogP contribution is -2.25. The van der Waals surface area contributed by atoms with Crippen LogP contribution in [0, 0.1) is 0 Å². The molecule has 0 radical (unpaired) electrons. The van der Waals surface area contributed by atoms with Crippen molar-refractivity contribution >= 4 is 17.1 Å². The van der Waals surface area contributed by atoms with Crippen LogP contribution in [0.25, 0.3) is 22.1 Å². The van der Waals surface area contributed by atoms with E-state index in [-0.39, 0.29) is 0 Å². The van der Waals surface area contributed by atoms with E-state index in [0.29, 0.717) is 23.3 Å². The van der Waals surface area contributed by atoms with Crippen LogP contribution < -0.4 is 10.4 Å². The predicted octanol–water partition coefficient (Wildman–Crippen LogP) is 4.51. The minimum atomic E-state index is -0.509. The van der Waals surface area contributed by atoms with E-state index in [9.17, 15) is 9.59 Å². The summed E-state index contributed by atoms with van der Waals surface area (Å²) >= 11 is 0. The summed E-state index contributed by atoms with van der Waals surface area (Å²) in [6.07, 6.45) is 3.33. The number of pyridine rings is 1. The van der Waals surface area contributed by atoms with Crippen molar-refractivity contribution in [3.63, 3.8) is 0 Å². The van der Waals surface area contributed by atoms with E-state index in [0.717, 1.165) is 22.1 Å². The molecule has 2 heterocycles. The molecule has 6 heteroatoms. The maximum atomic E-state index is 13.0. The second-order valence-corrected chi connectivity index (χ2v) is 7.07. The fraction of sp³-hybridized carbons (Fsp3) is 0.125. The number of benzene rings is 2. The van der Waals surface area contributed by atoms with Crippen molar-refractivity contribution in [3.05, 3.63) is 94.6 Å². The first-order chi connectivity index (χ1) is 14.5. The van der Waals surface area contributed by atoms with Crippen LogP contribution in [0.2, 0.25) is 0 Å². The molecule has 0 aliphatic rings. The van der Waals surface area contributed by atoms with Crippen molar-refractivity contribution in [2.75, 3.05) is 14.1 Å². The summed E-state index contributed by atoms with van der Waals surface area (Å²) in [6, 6.07) is 18.5. The van der Waals surface area contributed by atoms with E-state index in [1.807, 2.05) is 42.5 Å². The highest BCUT2D eigenvalue weighted by atomic mass is 16.6. The second kappa shape index (κ2) is 8.21. The van der Waals surface area contributed by atoms with Crippen molar-refractivity contribution in [1.82, 2.24) is 9.88 Å². The molecule has 4 aromatic rings. The normalized spacial score (nSPS) is 10.7. The zero-order valence-electron chi connectivity index (χ0n) is 16.7. The third-order valence-corrected chi connectivity index (χ3v) is 4.72. The van der Waals surface area contributed by atoms with E-state index in [1.165, 1.54) is 4.90 Å². The molecule has 2 aromatic carbocycles. The first kappa shape index (κ1) is 19.4. The van der Waals surface area contributed by atoms with E-state index in [2.05, 4.69) is 4.98 Å². The van der Waals surface area contributed by atoms with Crippen LogP contribution in [-0.2, 0) is 6.42 Å². The summed E-state index contributed by atoms with van der Waals surface area (Å²) in [5.74, 6) is 0.303. The number of nitrogens with zero attached hydrogens (tertiary/aromatic N) is 2. The molecule has 0 aliphatic heterocycles. The van der Waals surface area contributed by atoms with Crippen LogP contribution in [0.15, 0.2) is 82.3 Å². The van der Waals surface area contributed by atoms with E-state index < -0.39 is 11.7 Å². The number of carbonyl (C=O) groups excluding carboxylic acids is 1. The third kappa shape index (κ3) is 3.93. The molecule has 2 aromatic heterocycles. The summed E-state index contributed by atoms with van der Waals surface area (Å²) in [4.78, 5) is 30.4. The third-order valence-electron chi connectivity index (χ3n) is 4.72. The van der Waals surface area contributed by atoms with Gasteiger partial charge in [0.2, 0.25) is 0 Å². The average Bonchev–Trinajstić information content (AvgIpc) is 2.75. The SMILES string of the molecule is CN(C)C(=O)Oc1ccc2c(-c3cccnc3)c(Cc3ccccc3)c(=O)oc2c1. The number of rotatable bonds is 4. The summed E-state index contributed by atoms with van der Waals surface area (Å²) in [6.45, 7) is 0. The molecule has 0 aliphatic carbocycles. The fourth-order valence-corrected chi connectivity index (χ4v) is 3.28. The van der Waals surface area contributed by atoms with Gasteiger partial charge in [0.1, 0.15) is 11.3 Å². The molecule has 0 N–H and O–H groups in total. The Morgan fingerprint density at radius 3 is 2.57 bits per heavy atom. The van der Waals surface area contributed by atoms with Gasteiger partial charge >= 0.3 is 11.7 Å². The van der Waals surface area contributed by atoms with Gasteiger partial charge in [-0.1, -0.05) is 36.4 Å². The predicted molar refractivity (Wildman–Crippen MR) is 115 cm³/mol. The van der Waals surface area contributed by atoms with Crippen LogP contribution in [0.3, 0.4) is 0 Å². The van der Waals surface area contributed by atoms with Crippen molar-refractivity contribution in [2.24, 2.45) is 0 Å². The molecule has 0 atom stereocenters. The van der Waals surface area contributed by atoms with Gasteiger partial charge in [-0.2, -0.15) is 0 Å². The Labute approximate surface area is 173 Å². The summed E-state index contributed by atoms with van der Waals surface area (Å²) < 4.78 is 10.9. The van der Waals surface area contributed by atoms with Gasteiger partial charge in [0, 0.05) is 55.5 Å². The Kier molecular flexibility index (Phi) is 5.30. The van der Waals surface area contributed by atoms with Crippen molar-refractivity contribution in [3.8, 4) is 16.9 Å². The van der Waals surface area contributed by atoms with Gasteiger partial charge in [-0.15, -0.1) is 0 Å².